The summed E-state index contributed by atoms with van der Waals surface area (Å²) >= 11 is 0. The minimum absolute atomic E-state index is 0.0265. The van der Waals surface area contributed by atoms with E-state index in [-0.39, 0.29) is 11.9 Å². The third kappa shape index (κ3) is 2.45. The van der Waals surface area contributed by atoms with Gasteiger partial charge in [0, 0.05) is 13.6 Å². The molecule has 0 radical (unpaired) electrons. The van der Waals surface area contributed by atoms with Crippen LogP contribution in [0.4, 0.5) is 5.69 Å². The lowest BCUT2D eigenvalue weighted by Crippen LogP contribution is -2.38. The van der Waals surface area contributed by atoms with Gasteiger partial charge < -0.3 is 10.6 Å². The van der Waals surface area contributed by atoms with Crippen molar-refractivity contribution in [1.29, 1.82) is 0 Å². The number of hydrogen-bond acceptors (Lipinski definition) is 3. The molecule has 0 fully saturated rings. The maximum atomic E-state index is 12.6. The number of carbonyl (C=O) groups is 1. The van der Waals surface area contributed by atoms with Crippen LogP contribution < -0.4 is 10.6 Å². The van der Waals surface area contributed by atoms with E-state index in [1.165, 1.54) is 5.56 Å². The largest absolute Gasteiger partial charge is 0.321 e. The maximum absolute atomic E-state index is 12.6. The van der Waals surface area contributed by atoms with Crippen molar-refractivity contribution < 1.29 is 4.79 Å². The molecule has 0 spiro atoms. The number of nitrogens with one attached hydrogen (secondary N) is 2. The van der Waals surface area contributed by atoms with Gasteiger partial charge in [0.1, 0.15) is 6.04 Å². The van der Waals surface area contributed by atoms with Crippen LogP contribution in [0.15, 0.2) is 24.3 Å². The fraction of sp³-hybridized carbons (Fsp3) is 0.375. The fourth-order valence-electron chi connectivity index (χ4n) is 2.89. The Balaban J connectivity index is 1.87. The van der Waals surface area contributed by atoms with Crippen LogP contribution in [0.5, 0.6) is 0 Å². The Bertz CT molecular complexity index is 690. The first kappa shape index (κ1) is 13.8. The molecule has 0 bridgehead atoms. The van der Waals surface area contributed by atoms with Gasteiger partial charge in [-0.25, -0.2) is 0 Å². The lowest BCUT2D eigenvalue weighted by molar-refractivity contribution is -0.118. The monoisotopic (exact) mass is 284 g/mol. The van der Waals surface area contributed by atoms with Gasteiger partial charge in [0.25, 0.3) is 0 Å². The van der Waals surface area contributed by atoms with Gasteiger partial charge in [0.05, 0.1) is 17.1 Å². The number of nitrogens with zero attached hydrogens (tertiary/aromatic N) is 2. The first-order valence-electron chi connectivity index (χ1n) is 7.20. The van der Waals surface area contributed by atoms with Gasteiger partial charge in [-0.05, 0) is 31.4 Å². The quantitative estimate of drug-likeness (QED) is 0.885. The molecule has 2 N–H and O–H groups in total. The second-order valence-corrected chi connectivity index (χ2v) is 5.49. The molecule has 0 aliphatic carbocycles. The molecule has 1 unspecified atom stereocenters. The summed E-state index contributed by atoms with van der Waals surface area (Å²) < 4.78 is 1.78. The summed E-state index contributed by atoms with van der Waals surface area (Å²) in [7, 11) is 1.88. The lowest BCUT2D eigenvalue weighted by atomic mass is 9.94. The highest BCUT2D eigenvalue weighted by Gasteiger charge is 2.26. The highest BCUT2D eigenvalue weighted by Crippen LogP contribution is 2.25. The second kappa shape index (κ2) is 5.33. The number of rotatable bonds is 2. The van der Waals surface area contributed by atoms with Gasteiger partial charge in [0.15, 0.2) is 0 Å². The molecule has 2 heterocycles. The van der Waals surface area contributed by atoms with E-state index in [1.807, 2.05) is 39.1 Å². The molecular weight excluding hydrogens is 264 g/mol. The molecule has 1 aliphatic heterocycles. The molecule has 1 aliphatic rings. The Kier molecular flexibility index (Phi) is 3.51. The summed E-state index contributed by atoms with van der Waals surface area (Å²) in [6, 6.07) is 7.82. The Morgan fingerprint density at radius 2 is 2.14 bits per heavy atom. The summed E-state index contributed by atoms with van der Waals surface area (Å²) in [5.74, 6) is -0.0265. The summed E-state index contributed by atoms with van der Waals surface area (Å²) in [4.78, 5) is 12.6. The lowest BCUT2D eigenvalue weighted by Gasteiger charge is -2.26. The second-order valence-electron chi connectivity index (χ2n) is 5.49. The van der Waals surface area contributed by atoms with Gasteiger partial charge >= 0.3 is 0 Å². The Hall–Kier alpha value is -2.14. The molecule has 110 valence electrons. The van der Waals surface area contributed by atoms with Crippen molar-refractivity contribution in [3.63, 3.8) is 0 Å². The van der Waals surface area contributed by atoms with Gasteiger partial charge in [-0.3, -0.25) is 9.48 Å². The first-order chi connectivity index (χ1) is 10.1. The van der Waals surface area contributed by atoms with Gasteiger partial charge in [-0.2, -0.15) is 5.10 Å². The summed E-state index contributed by atoms with van der Waals surface area (Å²) in [5.41, 5.74) is 4.93. The van der Waals surface area contributed by atoms with Gasteiger partial charge in [-0.15, -0.1) is 0 Å². The van der Waals surface area contributed by atoms with Gasteiger partial charge in [0.2, 0.25) is 5.91 Å². The minimum atomic E-state index is -0.297. The summed E-state index contributed by atoms with van der Waals surface area (Å²) in [6.45, 7) is 4.68. The van der Waals surface area contributed by atoms with Crippen molar-refractivity contribution in [2.45, 2.75) is 26.3 Å². The van der Waals surface area contributed by atoms with Crippen LogP contribution in [0.1, 0.15) is 28.6 Å². The molecule has 2 aromatic rings. The van der Waals surface area contributed by atoms with Crippen molar-refractivity contribution in [1.82, 2.24) is 15.1 Å². The number of amides is 1. The van der Waals surface area contributed by atoms with E-state index in [2.05, 4.69) is 21.8 Å². The van der Waals surface area contributed by atoms with E-state index in [0.29, 0.717) is 0 Å². The van der Waals surface area contributed by atoms with E-state index in [9.17, 15) is 4.79 Å². The van der Waals surface area contributed by atoms with Crippen LogP contribution in [0.25, 0.3) is 0 Å². The average Bonchev–Trinajstić information content (AvgIpc) is 2.73. The molecular formula is C16H20N4O. The Morgan fingerprint density at radius 3 is 2.86 bits per heavy atom. The summed E-state index contributed by atoms with van der Waals surface area (Å²) in [5, 5.41) is 10.7. The number of hydrogen-bond donors (Lipinski definition) is 2. The van der Waals surface area contributed by atoms with E-state index in [4.69, 9.17) is 0 Å². The van der Waals surface area contributed by atoms with Crippen LogP contribution >= 0.6 is 0 Å². The number of benzene rings is 1. The number of aryl methyl sites for hydroxylation is 2. The Morgan fingerprint density at radius 1 is 1.38 bits per heavy atom. The van der Waals surface area contributed by atoms with Gasteiger partial charge in [-0.1, -0.05) is 24.3 Å². The molecule has 5 nitrogen and oxygen atoms in total. The normalized spacial score (nSPS) is 17.4. The fourth-order valence-corrected chi connectivity index (χ4v) is 2.89. The highest BCUT2D eigenvalue weighted by molar-refractivity contribution is 5.96. The molecule has 3 rings (SSSR count). The van der Waals surface area contributed by atoms with E-state index >= 15 is 0 Å². The van der Waals surface area contributed by atoms with Crippen LogP contribution in [0.3, 0.4) is 0 Å². The predicted molar refractivity (Wildman–Crippen MR) is 82.2 cm³/mol. The number of carbonyl (C=O) groups excluding carboxylic acids is 1. The maximum Gasteiger partial charge on any atom is 0.246 e. The predicted octanol–water partition coefficient (Wildman–Crippen LogP) is 1.86. The topological polar surface area (TPSA) is 59.0 Å². The highest BCUT2D eigenvalue weighted by atomic mass is 16.2. The zero-order chi connectivity index (χ0) is 15.0. The number of anilines is 1. The summed E-state index contributed by atoms with van der Waals surface area (Å²) in [6.07, 6.45) is 0.963. The Labute approximate surface area is 124 Å². The molecule has 1 atom stereocenters. The third-order valence-electron chi connectivity index (χ3n) is 4.13. The smallest absolute Gasteiger partial charge is 0.246 e. The molecule has 1 amide bonds. The SMILES string of the molecule is Cc1nn(C)c(C)c1NC(=O)C1NCCc2ccccc21. The van der Waals surface area contributed by atoms with E-state index in [1.54, 1.807) is 4.68 Å². The number of fused-ring (bicyclic) bond motifs is 1. The molecule has 21 heavy (non-hydrogen) atoms. The molecule has 0 saturated heterocycles. The van der Waals surface area contributed by atoms with E-state index in [0.717, 1.165) is 35.6 Å². The first-order valence-corrected chi connectivity index (χ1v) is 7.20. The minimum Gasteiger partial charge on any atom is -0.321 e. The van der Waals surface area contributed by atoms with Crippen LogP contribution in [-0.2, 0) is 18.3 Å². The van der Waals surface area contributed by atoms with Crippen LogP contribution in [0, 0.1) is 13.8 Å². The third-order valence-corrected chi connectivity index (χ3v) is 4.13. The van der Waals surface area contributed by atoms with Crippen molar-refractivity contribution in [3.05, 3.63) is 46.8 Å². The molecule has 1 aromatic carbocycles. The molecule has 0 saturated carbocycles. The van der Waals surface area contributed by atoms with E-state index < -0.39 is 0 Å². The molecule has 1 aromatic heterocycles. The van der Waals surface area contributed by atoms with Crippen LogP contribution in [0.2, 0.25) is 0 Å². The number of aromatic nitrogens is 2. The average molecular weight is 284 g/mol. The van der Waals surface area contributed by atoms with Crippen molar-refractivity contribution in [2.24, 2.45) is 7.05 Å². The molecule has 5 heteroatoms. The van der Waals surface area contributed by atoms with Crippen molar-refractivity contribution in [3.8, 4) is 0 Å². The zero-order valence-corrected chi connectivity index (χ0v) is 12.6. The standard InChI is InChI=1S/C16H20N4O/c1-10-14(11(2)20(3)19-10)18-16(21)15-13-7-5-4-6-12(13)8-9-17-15/h4-7,15,17H,8-9H2,1-3H3,(H,18,21). The zero-order valence-electron chi connectivity index (χ0n) is 12.6. The van der Waals surface area contributed by atoms with Crippen LogP contribution in [-0.4, -0.2) is 22.2 Å². The van der Waals surface area contributed by atoms with Crippen molar-refractivity contribution in [2.75, 3.05) is 11.9 Å². The van der Waals surface area contributed by atoms with Crippen molar-refractivity contribution >= 4 is 11.6 Å².